The highest BCUT2D eigenvalue weighted by atomic mass is 16.5. The number of rotatable bonds is 9. The minimum absolute atomic E-state index is 0.471. The SMILES string of the molecule is CNC1CCc2c(OCCOCCCOC)cccc21. The van der Waals surface area contributed by atoms with Gasteiger partial charge in [-0.2, -0.15) is 0 Å². The Bertz CT molecular complexity index is 409. The topological polar surface area (TPSA) is 39.7 Å². The molecule has 0 saturated carbocycles. The summed E-state index contributed by atoms with van der Waals surface area (Å²) in [5.41, 5.74) is 2.73. The van der Waals surface area contributed by atoms with Gasteiger partial charge in [0.1, 0.15) is 12.4 Å². The Hall–Kier alpha value is -1.10. The molecule has 0 aromatic heterocycles. The molecule has 20 heavy (non-hydrogen) atoms. The number of benzene rings is 1. The second-order valence-electron chi connectivity index (χ2n) is 5.01. The van der Waals surface area contributed by atoms with Crippen LogP contribution in [-0.2, 0) is 15.9 Å². The molecule has 1 aromatic carbocycles. The zero-order chi connectivity index (χ0) is 14.2. The Balaban J connectivity index is 1.75. The predicted molar refractivity (Wildman–Crippen MR) is 79.4 cm³/mol. The fourth-order valence-corrected chi connectivity index (χ4v) is 2.67. The van der Waals surface area contributed by atoms with Gasteiger partial charge in [0.15, 0.2) is 0 Å². The summed E-state index contributed by atoms with van der Waals surface area (Å²) < 4.78 is 16.3. The lowest BCUT2D eigenvalue weighted by molar-refractivity contribution is 0.0804. The van der Waals surface area contributed by atoms with Crippen molar-refractivity contribution in [1.29, 1.82) is 0 Å². The molecule has 0 spiro atoms. The van der Waals surface area contributed by atoms with Crippen LogP contribution < -0.4 is 10.1 Å². The third-order valence-corrected chi connectivity index (χ3v) is 3.70. The second kappa shape index (κ2) is 8.25. The lowest BCUT2D eigenvalue weighted by Crippen LogP contribution is -2.13. The summed E-state index contributed by atoms with van der Waals surface area (Å²) in [6.45, 7) is 2.71. The van der Waals surface area contributed by atoms with E-state index in [0.29, 0.717) is 19.3 Å². The summed E-state index contributed by atoms with van der Waals surface area (Å²) >= 11 is 0. The minimum Gasteiger partial charge on any atom is -0.491 e. The van der Waals surface area contributed by atoms with Gasteiger partial charge in [-0.15, -0.1) is 0 Å². The molecule has 0 amide bonds. The molecule has 0 aliphatic heterocycles. The van der Waals surface area contributed by atoms with Gasteiger partial charge >= 0.3 is 0 Å². The Morgan fingerprint density at radius 3 is 2.90 bits per heavy atom. The molecule has 1 aromatic rings. The lowest BCUT2D eigenvalue weighted by atomic mass is 10.1. The Kier molecular flexibility index (Phi) is 6.30. The van der Waals surface area contributed by atoms with Crippen molar-refractivity contribution in [3.8, 4) is 5.75 Å². The highest BCUT2D eigenvalue weighted by Gasteiger charge is 2.23. The van der Waals surface area contributed by atoms with Crippen LogP contribution >= 0.6 is 0 Å². The Morgan fingerprint density at radius 1 is 1.20 bits per heavy atom. The summed E-state index contributed by atoms with van der Waals surface area (Å²) in [5.74, 6) is 1.01. The molecule has 1 N–H and O–H groups in total. The van der Waals surface area contributed by atoms with Crippen LogP contribution in [0.3, 0.4) is 0 Å². The molecule has 1 aliphatic rings. The first-order chi connectivity index (χ1) is 9.86. The van der Waals surface area contributed by atoms with E-state index in [0.717, 1.165) is 38.2 Å². The van der Waals surface area contributed by atoms with Gasteiger partial charge in [0.2, 0.25) is 0 Å². The molecular formula is C16H25NO3. The van der Waals surface area contributed by atoms with Crippen molar-refractivity contribution >= 4 is 0 Å². The maximum Gasteiger partial charge on any atom is 0.122 e. The molecule has 1 atom stereocenters. The van der Waals surface area contributed by atoms with Crippen LogP contribution in [0, 0.1) is 0 Å². The van der Waals surface area contributed by atoms with Gasteiger partial charge in [-0.25, -0.2) is 0 Å². The fraction of sp³-hybridized carbons (Fsp3) is 0.625. The molecular weight excluding hydrogens is 254 g/mol. The van der Waals surface area contributed by atoms with Crippen LogP contribution in [0.1, 0.15) is 30.0 Å². The van der Waals surface area contributed by atoms with Crippen molar-refractivity contribution in [2.24, 2.45) is 0 Å². The van der Waals surface area contributed by atoms with E-state index in [4.69, 9.17) is 14.2 Å². The number of hydrogen-bond acceptors (Lipinski definition) is 4. The number of fused-ring (bicyclic) bond motifs is 1. The van der Waals surface area contributed by atoms with Crippen LogP contribution in [0.2, 0.25) is 0 Å². The standard InChI is InChI=1S/C16H25NO3/c1-17-15-8-7-14-13(15)5-3-6-16(14)20-12-11-19-10-4-9-18-2/h3,5-6,15,17H,4,7-12H2,1-2H3. The molecule has 0 bridgehead atoms. The number of methoxy groups -OCH3 is 1. The summed E-state index contributed by atoms with van der Waals surface area (Å²) in [6, 6.07) is 6.79. The van der Waals surface area contributed by atoms with Crippen LogP contribution in [0.25, 0.3) is 0 Å². The Morgan fingerprint density at radius 2 is 2.10 bits per heavy atom. The summed E-state index contributed by atoms with van der Waals surface area (Å²) in [6.07, 6.45) is 3.17. The monoisotopic (exact) mass is 279 g/mol. The highest BCUT2D eigenvalue weighted by molar-refractivity contribution is 5.45. The molecule has 1 unspecified atom stereocenters. The zero-order valence-electron chi connectivity index (χ0n) is 12.5. The zero-order valence-corrected chi connectivity index (χ0v) is 12.5. The van der Waals surface area contributed by atoms with E-state index in [-0.39, 0.29) is 0 Å². The van der Waals surface area contributed by atoms with E-state index < -0.39 is 0 Å². The minimum atomic E-state index is 0.471. The third kappa shape index (κ3) is 3.95. The lowest BCUT2D eigenvalue weighted by Gasteiger charge is -2.13. The molecule has 2 rings (SSSR count). The van der Waals surface area contributed by atoms with Crippen LogP contribution in [-0.4, -0.2) is 40.6 Å². The predicted octanol–water partition coefficient (Wildman–Crippen LogP) is 2.33. The average molecular weight is 279 g/mol. The van der Waals surface area contributed by atoms with E-state index in [1.54, 1.807) is 7.11 Å². The summed E-state index contributed by atoms with van der Waals surface area (Å²) in [4.78, 5) is 0. The number of nitrogens with one attached hydrogen (secondary N) is 1. The van der Waals surface area contributed by atoms with Crippen molar-refractivity contribution in [3.63, 3.8) is 0 Å². The van der Waals surface area contributed by atoms with Crippen molar-refractivity contribution in [1.82, 2.24) is 5.32 Å². The van der Waals surface area contributed by atoms with Crippen molar-refractivity contribution in [2.75, 3.05) is 40.6 Å². The van der Waals surface area contributed by atoms with E-state index in [2.05, 4.69) is 23.5 Å². The molecule has 4 nitrogen and oxygen atoms in total. The fourth-order valence-electron chi connectivity index (χ4n) is 2.67. The van der Waals surface area contributed by atoms with E-state index in [1.807, 2.05) is 7.05 Å². The largest absolute Gasteiger partial charge is 0.491 e. The van der Waals surface area contributed by atoms with Crippen molar-refractivity contribution in [3.05, 3.63) is 29.3 Å². The molecule has 0 radical (unpaired) electrons. The van der Waals surface area contributed by atoms with Gasteiger partial charge in [0.25, 0.3) is 0 Å². The van der Waals surface area contributed by atoms with Gasteiger partial charge in [-0.1, -0.05) is 12.1 Å². The van der Waals surface area contributed by atoms with Crippen molar-refractivity contribution in [2.45, 2.75) is 25.3 Å². The first-order valence-electron chi connectivity index (χ1n) is 7.35. The molecule has 112 valence electrons. The van der Waals surface area contributed by atoms with Crippen LogP contribution in [0.5, 0.6) is 5.75 Å². The van der Waals surface area contributed by atoms with Gasteiger partial charge in [-0.05, 0) is 43.5 Å². The second-order valence-corrected chi connectivity index (χ2v) is 5.01. The molecule has 0 saturated heterocycles. The number of hydrogen-bond donors (Lipinski definition) is 1. The highest BCUT2D eigenvalue weighted by Crippen LogP contribution is 2.36. The molecule has 1 aliphatic carbocycles. The van der Waals surface area contributed by atoms with Crippen molar-refractivity contribution < 1.29 is 14.2 Å². The first kappa shape index (κ1) is 15.3. The smallest absolute Gasteiger partial charge is 0.122 e. The third-order valence-electron chi connectivity index (χ3n) is 3.70. The summed E-state index contributed by atoms with van der Waals surface area (Å²) in [7, 11) is 3.72. The van der Waals surface area contributed by atoms with E-state index in [1.165, 1.54) is 11.1 Å². The number of ether oxygens (including phenoxy) is 3. The quantitative estimate of drug-likeness (QED) is 0.704. The molecule has 0 heterocycles. The van der Waals surface area contributed by atoms with Gasteiger partial charge < -0.3 is 19.5 Å². The molecule has 4 heteroatoms. The maximum absolute atomic E-state index is 5.86. The Labute approximate surface area is 121 Å². The van der Waals surface area contributed by atoms with Gasteiger partial charge in [0.05, 0.1) is 6.61 Å². The normalized spacial score (nSPS) is 17.2. The maximum atomic E-state index is 5.86. The van der Waals surface area contributed by atoms with E-state index >= 15 is 0 Å². The first-order valence-corrected chi connectivity index (χ1v) is 7.35. The molecule has 0 fully saturated rings. The average Bonchev–Trinajstić information content (AvgIpc) is 2.90. The van der Waals surface area contributed by atoms with Gasteiger partial charge in [0, 0.05) is 26.4 Å². The summed E-state index contributed by atoms with van der Waals surface area (Å²) in [5, 5.41) is 3.35. The van der Waals surface area contributed by atoms with Crippen LogP contribution in [0.4, 0.5) is 0 Å². The van der Waals surface area contributed by atoms with Gasteiger partial charge in [-0.3, -0.25) is 0 Å². The van der Waals surface area contributed by atoms with Crippen LogP contribution in [0.15, 0.2) is 18.2 Å². The van der Waals surface area contributed by atoms with E-state index in [9.17, 15) is 0 Å².